The average Bonchev–Trinajstić information content (AvgIpc) is 1.59. The zero-order valence-corrected chi connectivity index (χ0v) is 68.9. The predicted octanol–water partition coefficient (Wildman–Crippen LogP) is 28.1. The lowest BCUT2D eigenvalue weighted by atomic mass is 9.82. The van der Waals surface area contributed by atoms with Crippen LogP contribution in [0, 0.1) is 0 Å². The van der Waals surface area contributed by atoms with Gasteiger partial charge in [-0.25, -0.2) is 44.9 Å². The maximum Gasteiger partial charge on any atom is 0.165 e. The van der Waals surface area contributed by atoms with Gasteiger partial charge in [-0.1, -0.05) is 238 Å². The van der Waals surface area contributed by atoms with Gasteiger partial charge in [0.2, 0.25) is 0 Å². The van der Waals surface area contributed by atoms with Crippen LogP contribution in [0.1, 0.15) is 31.8 Å². The van der Waals surface area contributed by atoms with Crippen molar-refractivity contribution in [2.75, 3.05) is 0 Å². The van der Waals surface area contributed by atoms with Crippen LogP contribution in [0.4, 0.5) is 0 Å². The summed E-state index contributed by atoms with van der Waals surface area (Å²) in [4.78, 5) is 44.8. The Morgan fingerprint density at radius 1 is 0.250 bits per heavy atom. The Labute approximate surface area is 737 Å². The van der Waals surface area contributed by atoms with E-state index in [1.54, 1.807) is 17.0 Å². The lowest BCUT2D eigenvalue weighted by Gasteiger charge is -2.21. The Morgan fingerprint density at radius 2 is 0.602 bits per heavy atom. The molecule has 0 amide bonds. The minimum atomic E-state index is -0.425. The molecule has 128 heavy (non-hydrogen) atoms. The molecule has 0 fully saturated rings. The molecular weight excluding hydrogens is 1570 g/mol. The van der Waals surface area contributed by atoms with Crippen LogP contribution in [-0.4, -0.2) is 63.1 Å². The second-order valence-electron chi connectivity index (χ2n) is 33.2. The summed E-state index contributed by atoms with van der Waals surface area (Å²) in [5.74, 6) is 4.13. The highest BCUT2D eigenvalue weighted by molar-refractivity contribution is 6.18. The fraction of sp³-hybridized carbons (Fsp3) is 0.0263. The van der Waals surface area contributed by atoms with Gasteiger partial charge < -0.3 is 8.98 Å². The van der Waals surface area contributed by atoms with Crippen LogP contribution in [-0.2, 0) is 5.41 Å². The van der Waals surface area contributed by atoms with Crippen molar-refractivity contribution in [3.63, 3.8) is 0 Å². The third-order valence-corrected chi connectivity index (χ3v) is 25.7. The summed E-state index contributed by atoms with van der Waals surface area (Å²) in [7, 11) is 0. The van der Waals surface area contributed by atoms with Crippen molar-refractivity contribution in [3.05, 3.63) is 406 Å². The fourth-order valence-corrected chi connectivity index (χ4v) is 19.8. The molecule has 1 aliphatic carbocycles. The molecule has 0 unspecified atom stereocenters. The zero-order chi connectivity index (χ0) is 88.8. The van der Waals surface area contributed by atoms with Crippen molar-refractivity contribution >= 4 is 175 Å². The molecule has 28 rings (SSSR count). The number of furan rings is 1. The number of benzene rings is 16. The number of rotatable bonds is 7. The van der Waals surface area contributed by atoms with E-state index < -0.39 is 6.04 Å². The van der Waals surface area contributed by atoms with Crippen LogP contribution in [0.15, 0.2) is 399 Å². The van der Waals surface area contributed by atoms with Gasteiger partial charge in [0, 0.05) is 100 Å². The lowest BCUT2D eigenvalue weighted by Crippen LogP contribution is -2.15. The largest absolute Gasteiger partial charge is 0.456 e. The summed E-state index contributed by atoms with van der Waals surface area (Å²) < 4.78 is 57.0. The van der Waals surface area contributed by atoms with E-state index in [0.717, 1.165) is 132 Å². The molecule has 0 N–H and O–H groups in total. The van der Waals surface area contributed by atoms with Crippen molar-refractivity contribution in [2.45, 2.75) is 19.3 Å². The highest BCUT2D eigenvalue weighted by Crippen LogP contribution is 2.51. The van der Waals surface area contributed by atoms with Gasteiger partial charge >= 0.3 is 0 Å². The summed E-state index contributed by atoms with van der Waals surface area (Å²) in [5, 5.41) is 20.7. The number of pyridine rings is 3. The van der Waals surface area contributed by atoms with E-state index in [9.17, 15) is 0 Å². The SMILES string of the molecule is CC1(C)c2ccccc2-c2ccc(-c3nc(-n4c5ccccc5c5cc6ccccc6cc54)c4cccnc4n3)cc21.[2H]c1c([2H])c([2H])c(-n2c3ccccc3c3cc(-c4nc(-n5c6ccccc6c6cc7ccccc7cc65)c5cccnc5n4)ccc32)c([2H])c1[2H].c1ccc2cc3c(cc2c1)c1ccccc1n3-c1nc(-c2ccc3c(c2)oc2ccccc23)nc2ncccc12. The quantitative estimate of drug-likeness (QED) is 0.151. The molecular formula is C114H71N13O. The fourth-order valence-electron chi connectivity index (χ4n) is 19.8. The molecule has 0 saturated heterocycles. The van der Waals surface area contributed by atoms with Gasteiger partial charge in [-0.05, 0) is 206 Å². The Kier molecular flexibility index (Phi) is 15.0. The van der Waals surface area contributed by atoms with Crippen molar-refractivity contribution in [3.8, 4) is 68.4 Å². The topological polar surface area (TPSA) is 149 Å². The third kappa shape index (κ3) is 11.3. The highest BCUT2D eigenvalue weighted by Gasteiger charge is 2.36. The van der Waals surface area contributed by atoms with Crippen LogP contribution < -0.4 is 0 Å². The smallest absolute Gasteiger partial charge is 0.165 e. The van der Waals surface area contributed by atoms with Crippen LogP contribution in [0.3, 0.4) is 0 Å². The minimum Gasteiger partial charge on any atom is -0.456 e. The maximum atomic E-state index is 8.74. The van der Waals surface area contributed by atoms with E-state index in [1.165, 1.54) is 70.7 Å². The Balaban J connectivity index is 0.000000105. The van der Waals surface area contributed by atoms with E-state index >= 15 is 0 Å². The predicted molar refractivity (Wildman–Crippen MR) is 523 cm³/mol. The second-order valence-corrected chi connectivity index (χ2v) is 33.2. The summed E-state index contributed by atoms with van der Waals surface area (Å²) >= 11 is 0. The van der Waals surface area contributed by atoms with Gasteiger partial charge in [0.25, 0.3) is 0 Å². The van der Waals surface area contributed by atoms with Crippen LogP contribution >= 0.6 is 0 Å². The second kappa shape index (κ2) is 28.4. The van der Waals surface area contributed by atoms with E-state index in [4.69, 9.17) is 46.2 Å². The number of aromatic nitrogens is 13. The van der Waals surface area contributed by atoms with E-state index in [1.807, 2.05) is 115 Å². The zero-order valence-electron chi connectivity index (χ0n) is 73.9. The van der Waals surface area contributed by atoms with Crippen molar-refractivity contribution < 1.29 is 11.3 Å². The first-order valence-corrected chi connectivity index (χ1v) is 42.7. The first-order valence-electron chi connectivity index (χ1n) is 45.2. The summed E-state index contributed by atoms with van der Waals surface area (Å²) in [6.07, 6.45) is 5.33. The minimum absolute atomic E-state index is 0.103. The van der Waals surface area contributed by atoms with Crippen LogP contribution in [0.2, 0.25) is 0 Å². The van der Waals surface area contributed by atoms with Gasteiger partial charge in [0.15, 0.2) is 51.9 Å². The van der Waals surface area contributed by atoms with E-state index in [2.05, 4.69) is 274 Å². The molecule has 16 aromatic carbocycles. The van der Waals surface area contributed by atoms with E-state index in [0.29, 0.717) is 45.7 Å². The molecule has 1 aliphatic rings. The average molecular weight is 1640 g/mol. The molecule has 11 heterocycles. The van der Waals surface area contributed by atoms with Gasteiger partial charge in [-0.3, -0.25) is 13.7 Å². The first-order chi connectivity index (χ1) is 65.3. The number of hydrogen-bond donors (Lipinski definition) is 0. The third-order valence-electron chi connectivity index (χ3n) is 25.7. The number of fused-ring (bicyclic) bond motifs is 24. The van der Waals surface area contributed by atoms with Gasteiger partial charge in [0.1, 0.15) is 11.2 Å². The molecule has 0 aliphatic heterocycles. The molecule has 14 nitrogen and oxygen atoms in total. The number of nitrogens with zero attached hydrogens (tertiary/aromatic N) is 13. The molecule has 598 valence electrons. The maximum absolute atomic E-state index is 8.74. The highest BCUT2D eigenvalue weighted by atomic mass is 16.3. The van der Waals surface area contributed by atoms with Crippen molar-refractivity contribution in [1.82, 2.24) is 63.1 Å². The molecule has 0 bridgehead atoms. The standard InChI is InChI=1S/C41H25N5.C38H26N4.C35H20N4O/c1-2-13-29(14-3-1)45-35-18-8-6-15-30(35)33-24-28(20-21-37(33)45)39-43-40-32(17-10-22-42-40)41(44-39)46-36-19-9-7-16-31(36)34-23-26-11-4-5-12-27(26)25-38(34)46;1-38(2)31-15-7-5-12-26(31)27-18-17-25(21-32(27)38)35-40-36-29(14-9-19-39-36)37(41-35)42-33-16-8-6-13-28(33)30-20-23-10-3-4-11-24(23)22-34(30)42;1-2-9-22-19-30-28(18-21(22)8-1)24-10-3-5-13-29(24)39(30)35-27-12-7-17-36-34(27)37-33(38-35)23-15-16-26-25-11-4-6-14-31(25)40-32(26)20-23/h1-25H;3-22H,1-2H3;1-20H/i1D,2D,3D,13D,14D;;. The Morgan fingerprint density at radius 3 is 1.09 bits per heavy atom. The summed E-state index contributed by atoms with van der Waals surface area (Å²) in [6, 6.07) is 118. The number of hydrogen-bond acceptors (Lipinski definition) is 10. The van der Waals surface area contributed by atoms with Crippen LogP contribution in [0.5, 0.6) is 0 Å². The van der Waals surface area contributed by atoms with Gasteiger partial charge in [-0.15, -0.1) is 0 Å². The molecule has 14 heteroatoms. The first kappa shape index (κ1) is 67.4. The number of para-hydroxylation sites is 6. The van der Waals surface area contributed by atoms with E-state index in [-0.39, 0.29) is 35.3 Å². The van der Waals surface area contributed by atoms with Crippen LogP contribution in [0.25, 0.3) is 243 Å². The molecule has 0 spiro atoms. The monoisotopic (exact) mass is 1640 g/mol. The normalized spacial score (nSPS) is 13.1. The van der Waals surface area contributed by atoms with Crippen molar-refractivity contribution in [2.24, 2.45) is 0 Å². The van der Waals surface area contributed by atoms with Gasteiger partial charge in [0.05, 0.1) is 67.1 Å². The lowest BCUT2D eigenvalue weighted by molar-refractivity contribution is 0.660. The molecule has 0 saturated carbocycles. The molecule has 0 radical (unpaired) electrons. The summed E-state index contributed by atoms with van der Waals surface area (Å²) in [5.41, 5.74) is 19.4. The van der Waals surface area contributed by atoms with Gasteiger partial charge in [-0.2, -0.15) is 0 Å². The molecule has 0 atom stereocenters. The summed E-state index contributed by atoms with van der Waals surface area (Å²) in [6.45, 7) is 4.61. The molecule has 27 aromatic rings. The van der Waals surface area contributed by atoms with Crippen molar-refractivity contribution in [1.29, 1.82) is 0 Å². The Bertz CT molecular complexity index is 9680. The Hall–Kier alpha value is -17.2. The molecule has 11 aromatic heterocycles.